The Morgan fingerprint density at radius 2 is 1.88 bits per heavy atom. The Morgan fingerprint density at radius 1 is 1.29 bits per heavy atom. The number of hydrogen-bond acceptors (Lipinski definition) is 3. The molecule has 1 aromatic carbocycles. The van der Waals surface area contributed by atoms with E-state index in [9.17, 15) is 13.5 Å². The number of hydrogen-bond donors (Lipinski definition) is 2. The summed E-state index contributed by atoms with van der Waals surface area (Å²) in [5.41, 5.74) is 0.595. The first kappa shape index (κ1) is 14.2. The molecule has 0 saturated carbocycles. The molecule has 0 aromatic heterocycles. The summed E-state index contributed by atoms with van der Waals surface area (Å²) < 4.78 is 31.5. The predicted octanol–water partition coefficient (Wildman–Crippen LogP) is 1.95. The zero-order valence-corrected chi connectivity index (χ0v) is 11.1. The maximum Gasteiger partial charge on any atom is 0.294 e. The van der Waals surface area contributed by atoms with Gasteiger partial charge in [0.05, 0.1) is 10.5 Å². The summed E-state index contributed by atoms with van der Waals surface area (Å²) in [5, 5.41) is 9.63. The molecule has 0 saturated heterocycles. The van der Waals surface area contributed by atoms with E-state index in [1.807, 2.05) is 6.92 Å². The summed E-state index contributed by atoms with van der Waals surface area (Å²) in [4.78, 5) is -0.0765. The molecule has 0 unspecified atom stereocenters. The van der Waals surface area contributed by atoms with Crippen LogP contribution in [0.4, 0.5) is 0 Å². The monoisotopic (exact) mass is 258 g/mol. The van der Waals surface area contributed by atoms with E-state index in [0.717, 1.165) is 5.56 Å². The van der Waals surface area contributed by atoms with Gasteiger partial charge in [0.1, 0.15) is 0 Å². The lowest BCUT2D eigenvalue weighted by atomic mass is 9.98. The standard InChI is InChI=1S/C12H18O4S/c1-9-4-5-11(17(14,15)16)10(8-9)6-7-12(2,3)13/h4-5,8,13H,6-7H2,1-3H3,(H,14,15,16). The van der Waals surface area contributed by atoms with E-state index in [4.69, 9.17) is 4.55 Å². The second-order valence-electron chi connectivity index (χ2n) is 4.90. The molecule has 0 fully saturated rings. The molecule has 2 N–H and O–H groups in total. The lowest BCUT2D eigenvalue weighted by molar-refractivity contribution is 0.0712. The fourth-order valence-electron chi connectivity index (χ4n) is 1.60. The zero-order valence-electron chi connectivity index (χ0n) is 10.3. The Kier molecular flexibility index (Phi) is 3.96. The van der Waals surface area contributed by atoms with Crippen molar-refractivity contribution in [3.8, 4) is 0 Å². The molecule has 96 valence electrons. The van der Waals surface area contributed by atoms with Gasteiger partial charge < -0.3 is 5.11 Å². The predicted molar refractivity (Wildman–Crippen MR) is 65.6 cm³/mol. The van der Waals surface area contributed by atoms with Gasteiger partial charge in [0, 0.05) is 0 Å². The minimum atomic E-state index is -4.20. The quantitative estimate of drug-likeness (QED) is 0.809. The van der Waals surface area contributed by atoms with Gasteiger partial charge in [0.15, 0.2) is 0 Å². The van der Waals surface area contributed by atoms with Gasteiger partial charge in [0.25, 0.3) is 10.1 Å². The molecule has 0 bridgehead atoms. The molecule has 0 radical (unpaired) electrons. The highest BCUT2D eigenvalue weighted by atomic mass is 32.2. The minimum Gasteiger partial charge on any atom is -0.390 e. The third-order valence-corrected chi connectivity index (χ3v) is 3.45. The Morgan fingerprint density at radius 3 is 2.35 bits per heavy atom. The second-order valence-corrected chi connectivity index (χ2v) is 6.29. The van der Waals surface area contributed by atoms with Crippen LogP contribution in [-0.4, -0.2) is 23.7 Å². The molecule has 0 amide bonds. The van der Waals surface area contributed by atoms with Crippen molar-refractivity contribution in [3.63, 3.8) is 0 Å². The van der Waals surface area contributed by atoms with E-state index in [2.05, 4.69) is 0 Å². The second kappa shape index (κ2) is 4.76. The summed E-state index contributed by atoms with van der Waals surface area (Å²) in [7, 11) is -4.20. The summed E-state index contributed by atoms with van der Waals surface area (Å²) in [6, 6.07) is 4.75. The van der Waals surface area contributed by atoms with Crippen molar-refractivity contribution in [3.05, 3.63) is 29.3 Å². The van der Waals surface area contributed by atoms with Crippen LogP contribution in [0, 0.1) is 6.92 Å². The average molecular weight is 258 g/mol. The molecule has 5 heteroatoms. The van der Waals surface area contributed by atoms with Gasteiger partial charge in [-0.1, -0.05) is 17.7 Å². The highest BCUT2D eigenvalue weighted by Crippen LogP contribution is 2.21. The van der Waals surface area contributed by atoms with Crippen LogP contribution >= 0.6 is 0 Å². The van der Waals surface area contributed by atoms with Crippen LogP contribution < -0.4 is 0 Å². The van der Waals surface area contributed by atoms with Gasteiger partial charge >= 0.3 is 0 Å². The molecule has 1 rings (SSSR count). The van der Waals surface area contributed by atoms with Gasteiger partial charge in [-0.3, -0.25) is 4.55 Å². The van der Waals surface area contributed by atoms with Crippen molar-refractivity contribution < 1.29 is 18.1 Å². The summed E-state index contributed by atoms with van der Waals surface area (Å²) in [6.07, 6.45) is 0.833. The van der Waals surface area contributed by atoms with Crippen molar-refractivity contribution in [2.75, 3.05) is 0 Å². The van der Waals surface area contributed by atoms with Crippen LogP contribution in [0.3, 0.4) is 0 Å². The van der Waals surface area contributed by atoms with E-state index in [1.165, 1.54) is 6.07 Å². The van der Waals surface area contributed by atoms with Crippen molar-refractivity contribution in [2.24, 2.45) is 0 Å². The molecule has 0 atom stereocenters. The molecule has 0 spiro atoms. The van der Waals surface area contributed by atoms with Gasteiger partial charge in [-0.15, -0.1) is 0 Å². The minimum absolute atomic E-state index is 0.0765. The van der Waals surface area contributed by atoms with E-state index < -0.39 is 15.7 Å². The lowest BCUT2D eigenvalue weighted by Crippen LogP contribution is -2.19. The van der Waals surface area contributed by atoms with E-state index in [-0.39, 0.29) is 4.90 Å². The number of aliphatic hydroxyl groups is 1. The van der Waals surface area contributed by atoms with Crippen LogP contribution in [0.2, 0.25) is 0 Å². The highest BCUT2D eigenvalue weighted by molar-refractivity contribution is 7.85. The third-order valence-electron chi connectivity index (χ3n) is 2.50. The topological polar surface area (TPSA) is 74.6 Å². The van der Waals surface area contributed by atoms with Crippen molar-refractivity contribution >= 4 is 10.1 Å². The first-order valence-corrected chi connectivity index (χ1v) is 6.83. The van der Waals surface area contributed by atoms with Crippen LogP contribution in [0.25, 0.3) is 0 Å². The maximum absolute atomic E-state index is 11.2. The van der Waals surface area contributed by atoms with Gasteiger partial charge in [0.2, 0.25) is 0 Å². The Balaban J connectivity index is 3.09. The van der Waals surface area contributed by atoms with Gasteiger partial charge in [-0.2, -0.15) is 8.42 Å². The van der Waals surface area contributed by atoms with Crippen molar-refractivity contribution in [1.82, 2.24) is 0 Å². The lowest BCUT2D eigenvalue weighted by Gasteiger charge is -2.17. The van der Waals surface area contributed by atoms with Gasteiger partial charge in [-0.05, 0) is 45.2 Å². The van der Waals surface area contributed by atoms with Crippen LogP contribution in [0.1, 0.15) is 31.4 Å². The molecule has 17 heavy (non-hydrogen) atoms. The molecule has 0 heterocycles. The number of aryl methyl sites for hydroxylation is 2. The smallest absolute Gasteiger partial charge is 0.294 e. The Bertz CT molecular complexity index is 498. The third kappa shape index (κ3) is 4.46. The first-order valence-electron chi connectivity index (χ1n) is 5.39. The molecule has 4 nitrogen and oxygen atoms in total. The van der Waals surface area contributed by atoms with Crippen LogP contribution in [0.5, 0.6) is 0 Å². The molecule has 0 aliphatic carbocycles. The number of benzene rings is 1. The van der Waals surface area contributed by atoms with E-state index in [1.54, 1.807) is 26.0 Å². The fraction of sp³-hybridized carbons (Fsp3) is 0.500. The molecule has 0 aliphatic heterocycles. The van der Waals surface area contributed by atoms with E-state index >= 15 is 0 Å². The van der Waals surface area contributed by atoms with E-state index in [0.29, 0.717) is 18.4 Å². The molecular weight excluding hydrogens is 240 g/mol. The largest absolute Gasteiger partial charge is 0.390 e. The van der Waals surface area contributed by atoms with Crippen molar-refractivity contribution in [1.29, 1.82) is 0 Å². The summed E-state index contributed by atoms with van der Waals surface area (Å²) in [6.45, 7) is 5.17. The fourth-order valence-corrected chi connectivity index (χ4v) is 2.33. The van der Waals surface area contributed by atoms with Gasteiger partial charge in [-0.25, -0.2) is 0 Å². The molecule has 0 aliphatic rings. The summed E-state index contributed by atoms with van der Waals surface area (Å²) in [5.74, 6) is 0. The van der Waals surface area contributed by atoms with Crippen LogP contribution in [-0.2, 0) is 16.5 Å². The Hall–Kier alpha value is -0.910. The van der Waals surface area contributed by atoms with Crippen LogP contribution in [0.15, 0.2) is 23.1 Å². The Labute approximate surface area is 102 Å². The first-order chi connectivity index (χ1) is 7.59. The summed E-state index contributed by atoms with van der Waals surface area (Å²) >= 11 is 0. The number of rotatable bonds is 4. The molecular formula is C12H18O4S. The maximum atomic E-state index is 11.2. The normalized spacial score (nSPS) is 12.8. The van der Waals surface area contributed by atoms with Crippen molar-refractivity contribution in [2.45, 2.75) is 44.1 Å². The SMILES string of the molecule is Cc1ccc(S(=O)(=O)O)c(CCC(C)(C)O)c1. The molecule has 1 aromatic rings. The zero-order chi connectivity index (χ0) is 13.3. The average Bonchev–Trinajstić information content (AvgIpc) is 2.11. The highest BCUT2D eigenvalue weighted by Gasteiger charge is 2.18.